The van der Waals surface area contributed by atoms with Gasteiger partial charge < -0.3 is 9.84 Å². The monoisotopic (exact) mass is 185 g/mol. The van der Waals surface area contributed by atoms with E-state index in [2.05, 4.69) is 10.1 Å². The van der Waals surface area contributed by atoms with Gasteiger partial charge in [0.05, 0.1) is 26.4 Å². The summed E-state index contributed by atoms with van der Waals surface area (Å²) >= 11 is 0. The van der Waals surface area contributed by atoms with Crippen LogP contribution < -0.4 is 0 Å². The van der Waals surface area contributed by atoms with Gasteiger partial charge in [0, 0.05) is 0 Å². The minimum absolute atomic E-state index is 0.0648. The molecule has 0 radical (unpaired) electrons. The molecule has 0 unspecified atom stereocenters. The minimum Gasteiger partial charge on any atom is -0.394 e. The van der Waals surface area contributed by atoms with E-state index >= 15 is 0 Å². The molecule has 0 fully saturated rings. The number of ether oxygens (including phenoxy) is 1. The molecule has 1 heterocycles. The van der Waals surface area contributed by atoms with E-state index in [9.17, 15) is 0 Å². The molecule has 0 saturated heterocycles. The molecule has 5 heteroatoms. The average molecular weight is 185 g/mol. The molecule has 0 spiro atoms. The summed E-state index contributed by atoms with van der Waals surface area (Å²) in [5, 5.41) is 12.6. The SMILES string of the molecule is Cc1nc(C)n(CCOCCO)n1. The fraction of sp³-hybridized carbons (Fsp3) is 0.750. The van der Waals surface area contributed by atoms with Crippen LogP contribution in [-0.2, 0) is 11.3 Å². The fourth-order valence-electron chi connectivity index (χ4n) is 1.09. The van der Waals surface area contributed by atoms with Crippen LogP contribution in [0, 0.1) is 13.8 Å². The summed E-state index contributed by atoms with van der Waals surface area (Å²) in [6.45, 7) is 5.46. The molecule has 5 nitrogen and oxygen atoms in total. The number of rotatable bonds is 5. The van der Waals surface area contributed by atoms with Crippen LogP contribution in [0.3, 0.4) is 0 Å². The highest BCUT2D eigenvalue weighted by atomic mass is 16.5. The molecule has 74 valence electrons. The first-order chi connectivity index (χ1) is 6.24. The van der Waals surface area contributed by atoms with Gasteiger partial charge in [0.1, 0.15) is 11.6 Å². The van der Waals surface area contributed by atoms with E-state index in [1.165, 1.54) is 0 Å². The molecule has 1 aromatic heterocycles. The van der Waals surface area contributed by atoms with Crippen molar-refractivity contribution in [1.29, 1.82) is 0 Å². The molecular formula is C8H15N3O2. The van der Waals surface area contributed by atoms with E-state index in [4.69, 9.17) is 9.84 Å². The number of aliphatic hydroxyl groups excluding tert-OH is 1. The normalized spacial score (nSPS) is 10.7. The molecule has 0 saturated carbocycles. The average Bonchev–Trinajstić information content (AvgIpc) is 2.39. The van der Waals surface area contributed by atoms with Crippen LogP contribution in [0.2, 0.25) is 0 Å². The molecule has 13 heavy (non-hydrogen) atoms. The molecule has 0 aliphatic rings. The van der Waals surface area contributed by atoms with Crippen LogP contribution in [0.1, 0.15) is 11.6 Å². The Morgan fingerprint density at radius 3 is 2.69 bits per heavy atom. The zero-order valence-corrected chi connectivity index (χ0v) is 8.03. The van der Waals surface area contributed by atoms with Crippen LogP contribution in [0.4, 0.5) is 0 Å². The van der Waals surface area contributed by atoms with Gasteiger partial charge in [-0.25, -0.2) is 9.67 Å². The maximum atomic E-state index is 8.46. The Kier molecular flexibility index (Phi) is 3.85. The van der Waals surface area contributed by atoms with Crippen molar-refractivity contribution >= 4 is 0 Å². The molecule has 1 aromatic rings. The van der Waals surface area contributed by atoms with E-state index in [1.807, 2.05) is 13.8 Å². The molecule has 0 bridgehead atoms. The molecule has 0 atom stereocenters. The van der Waals surface area contributed by atoms with Crippen LogP contribution in [0.25, 0.3) is 0 Å². The number of aliphatic hydroxyl groups is 1. The Balaban J connectivity index is 2.32. The molecule has 0 aliphatic carbocycles. The largest absolute Gasteiger partial charge is 0.394 e. The van der Waals surface area contributed by atoms with Crippen LogP contribution in [0.5, 0.6) is 0 Å². The van der Waals surface area contributed by atoms with Crippen LogP contribution in [0.15, 0.2) is 0 Å². The van der Waals surface area contributed by atoms with Crippen molar-refractivity contribution in [3.05, 3.63) is 11.6 Å². The second-order valence-electron chi connectivity index (χ2n) is 2.77. The van der Waals surface area contributed by atoms with Crippen molar-refractivity contribution in [2.45, 2.75) is 20.4 Å². The highest BCUT2D eigenvalue weighted by Gasteiger charge is 2.00. The van der Waals surface area contributed by atoms with Crippen LogP contribution >= 0.6 is 0 Å². The third-order valence-electron chi connectivity index (χ3n) is 1.65. The second kappa shape index (κ2) is 4.94. The summed E-state index contributed by atoms with van der Waals surface area (Å²) in [6, 6.07) is 0. The van der Waals surface area contributed by atoms with Crippen molar-refractivity contribution in [2.75, 3.05) is 19.8 Å². The van der Waals surface area contributed by atoms with E-state index in [1.54, 1.807) is 4.68 Å². The van der Waals surface area contributed by atoms with E-state index in [0.29, 0.717) is 19.8 Å². The lowest BCUT2D eigenvalue weighted by Gasteiger charge is -2.03. The van der Waals surface area contributed by atoms with E-state index in [-0.39, 0.29) is 6.61 Å². The lowest BCUT2D eigenvalue weighted by atomic mass is 10.6. The van der Waals surface area contributed by atoms with Gasteiger partial charge in [0.2, 0.25) is 0 Å². The number of aryl methyl sites for hydroxylation is 2. The summed E-state index contributed by atoms with van der Waals surface area (Å²) < 4.78 is 6.91. The molecule has 0 aromatic carbocycles. The standard InChI is InChI=1S/C8H15N3O2/c1-7-9-8(2)11(10-7)3-5-13-6-4-12/h12H,3-6H2,1-2H3. The zero-order chi connectivity index (χ0) is 9.68. The van der Waals surface area contributed by atoms with Gasteiger partial charge >= 0.3 is 0 Å². The predicted molar refractivity (Wildman–Crippen MR) is 47.4 cm³/mol. The number of aromatic nitrogens is 3. The van der Waals surface area contributed by atoms with Gasteiger partial charge in [-0.05, 0) is 13.8 Å². The highest BCUT2D eigenvalue weighted by Crippen LogP contribution is 1.95. The van der Waals surface area contributed by atoms with Crippen molar-refractivity contribution in [3.63, 3.8) is 0 Å². The van der Waals surface area contributed by atoms with Gasteiger partial charge in [-0.2, -0.15) is 5.10 Å². The minimum atomic E-state index is 0.0648. The fourth-order valence-corrected chi connectivity index (χ4v) is 1.09. The van der Waals surface area contributed by atoms with E-state index in [0.717, 1.165) is 11.6 Å². The van der Waals surface area contributed by atoms with Crippen molar-refractivity contribution in [3.8, 4) is 0 Å². The Morgan fingerprint density at radius 1 is 1.38 bits per heavy atom. The summed E-state index contributed by atoms with van der Waals surface area (Å²) in [7, 11) is 0. The predicted octanol–water partition coefficient (Wildman–Crippen LogP) is -0.0962. The van der Waals surface area contributed by atoms with Crippen molar-refractivity contribution < 1.29 is 9.84 Å². The summed E-state index contributed by atoms with van der Waals surface area (Å²) in [4.78, 5) is 4.16. The number of hydrogen-bond donors (Lipinski definition) is 1. The second-order valence-corrected chi connectivity index (χ2v) is 2.77. The summed E-state index contributed by atoms with van der Waals surface area (Å²) in [6.07, 6.45) is 0. The third-order valence-corrected chi connectivity index (χ3v) is 1.65. The Bertz CT molecular complexity index is 260. The van der Waals surface area contributed by atoms with Crippen molar-refractivity contribution in [1.82, 2.24) is 14.8 Å². The van der Waals surface area contributed by atoms with E-state index < -0.39 is 0 Å². The quantitative estimate of drug-likeness (QED) is 0.651. The number of nitrogens with zero attached hydrogens (tertiary/aromatic N) is 3. The highest BCUT2D eigenvalue weighted by molar-refractivity contribution is 4.87. The summed E-state index contributed by atoms with van der Waals surface area (Å²) in [5.41, 5.74) is 0. The third kappa shape index (κ3) is 3.12. The van der Waals surface area contributed by atoms with Gasteiger partial charge in [0.25, 0.3) is 0 Å². The first-order valence-corrected chi connectivity index (χ1v) is 4.30. The van der Waals surface area contributed by atoms with Gasteiger partial charge in [-0.1, -0.05) is 0 Å². The lowest BCUT2D eigenvalue weighted by molar-refractivity contribution is 0.0850. The molecular weight excluding hydrogens is 170 g/mol. The lowest BCUT2D eigenvalue weighted by Crippen LogP contribution is -2.10. The topological polar surface area (TPSA) is 60.2 Å². The first kappa shape index (κ1) is 10.1. The Morgan fingerprint density at radius 2 is 2.15 bits per heavy atom. The maximum absolute atomic E-state index is 8.46. The first-order valence-electron chi connectivity index (χ1n) is 4.30. The van der Waals surface area contributed by atoms with Gasteiger partial charge in [0.15, 0.2) is 0 Å². The zero-order valence-electron chi connectivity index (χ0n) is 8.03. The Hall–Kier alpha value is -0.940. The molecule has 0 aliphatic heterocycles. The Labute approximate surface area is 77.4 Å². The number of hydrogen-bond acceptors (Lipinski definition) is 4. The van der Waals surface area contributed by atoms with Crippen molar-refractivity contribution in [2.24, 2.45) is 0 Å². The maximum Gasteiger partial charge on any atom is 0.147 e. The van der Waals surface area contributed by atoms with Gasteiger partial charge in [-0.3, -0.25) is 0 Å². The van der Waals surface area contributed by atoms with Gasteiger partial charge in [-0.15, -0.1) is 0 Å². The van der Waals surface area contributed by atoms with Crippen LogP contribution in [-0.4, -0.2) is 39.7 Å². The molecule has 1 N–H and O–H groups in total. The smallest absolute Gasteiger partial charge is 0.147 e. The summed E-state index contributed by atoms with van der Waals surface area (Å²) in [5.74, 6) is 1.67. The molecule has 1 rings (SSSR count). The molecule has 0 amide bonds.